The van der Waals surface area contributed by atoms with E-state index in [0.29, 0.717) is 11.5 Å². The van der Waals surface area contributed by atoms with Gasteiger partial charge >= 0.3 is 11.9 Å². The zero-order chi connectivity index (χ0) is 38.9. The first-order valence-corrected chi connectivity index (χ1v) is 18.5. The highest BCUT2D eigenvalue weighted by Crippen LogP contribution is 2.57. The van der Waals surface area contributed by atoms with Gasteiger partial charge in [-0.25, -0.2) is 9.59 Å². The molecular formula is C51H34O6. The second kappa shape index (κ2) is 14.5. The molecule has 0 saturated carbocycles. The number of para-hydroxylation sites is 2. The van der Waals surface area contributed by atoms with Crippen LogP contribution >= 0.6 is 0 Å². The molecule has 0 aromatic heterocycles. The van der Waals surface area contributed by atoms with Crippen molar-refractivity contribution in [3.63, 3.8) is 0 Å². The van der Waals surface area contributed by atoms with E-state index in [4.69, 9.17) is 9.47 Å². The number of benzene rings is 8. The van der Waals surface area contributed by atoms with Crippen molar-refractivity contribution in [2.24, 2.45) is 0 Å². The number of carbonyl (C=O) groups is 2. The quantitative estimate of drug-likeness (QED) is 0.145. The van der Waals surface area contributed by atoms with Gasteiger partial charge in [0, 0.05) is 11.1 Å². The molecular weight excluding hydrogens is 709 g/mol. The van der Waals surface area contributed by atoms with E-state index in [1.54, 1.807) is 36.4 Å². The highest BCUT2D eigenvalue weighted by atomic mass is 16.5. The molecule has 8 aromatic rings. The van der Waals surface area contributed by atoms with Crippen molar-refractivity contribution in [3.05, 3.63) is 228 Å². The standard InChI is InChI=1S/C51H34O6/c52-49(53)39-21-9-13-25-45(39)56-47-29-27-35(31-41(47)33-15-3-1-4-16-33)51(43-23-11-7-19-37(43)38-20-8-12-24-44(38)51)36-28-30-48(42(32-36)34-17-5-2-6-18-34)57-46-26-14-10-22-40(46)50(54)55/h1-32H,(H,52,53)(H,54,55). The van der Waals surface area contributed by atoms with Crippen molar-refractivity contribution in [3.8, 4) is 56.4 Å². The van der Waals surface area contributed by atoms with Crippen molar-refractivity contribution in [1.82, 2.24) is 0 Å². The van der Waals surface area contributed by atoms with Gasteiger partial charge in [0.2, 0.25) is 0 Å². The Morgan fingerprint density at radius 2 is 0.737 bits per heavy atom. The van der Waals surface area contributed by atoms with Crippen LogP contribution in [-0.2, 0) is 5.41 Å². The SMILES string of the molecule is O=C(O)c1ccccc1Oc1ccc(C2(c3ccc(Oc4ccccc4C(=O)O)c(-c4ccccc4)c3)c3ccccc3-c3ccccc32)cc1-c1ccccc1. The molecule has 0 aliphatic heterocycles. The summed E-state index contributed by atoms with van der Waals surface area (Å²) in [6, 6.07) is 62.4. The van der Waals surface area contributed by atoms with Crippen molar-refractivity contribution in [2.45, 2.75) is 5.41 Å². The Morgan fingerprint density at radius 1 is 0.368 bits per heavy atom. The Bertz CT molecular complexity index is 2610. The molecule has 6 heteroatoms. The van der Waals surface area contributed by atoms with Crippen LogP contribution in [0.25, 0.3) is 33.4 Å². The summed E-state index contributed by atoms with van der Waals surface area (Å²) >= 11 is 0. The maximum absolute atomic E-state index is 12.2. The largest absolute Gasteiger partial charge is 0.478 e. The molecule has 0 atom stereocenters. The maximum atomic E-state index is 12.2. The van der Waals surface area contributed by atoms with Gasteiger partial charge in [-0.05, 0) is 93.0 Å². The number of aromatic carboxylic acids is 2. The van der Waals surface area contributed by atoms with Crippen molar-refractivity contribution in [2.75, 3.05) is 0 Å². The molecule has 0 bridgehead atoms. The summed E-state index contributed by atoms with van der Waals surface area (Å²) in [5, 5.41) is 20.0. The molecule has 0 heterocycles. The van der Waals surface area contributed by atoms with E-state index in [9.17, 15) is 19.8 Å². The number of fused-ring (bicyclic) bond motifs is 3. The molecule has 0 unspecified atom stereocenters. The first-order valence-electron chi connectivity index (χ1n) is 18.5. The second-order valence-corrected chi connectivity index (χ2v) is 13.8. The third-order valence-corrected chi connectivity index (χ3v) is 10.6. The number of hydrogen-bond acceptors (Lipinski definition) is 4. The predicted molar refractivity (Wildman–Crippen MR) is 222 cm³/mol. The minimum absolute atomic E-state index is 0.0671. The summed E-state index contributed by atoms with van der Waals surface area (Å²) in [4.78, 5) is 24.4. The van der Waals surface area contributed by atoms with E-state index in [1.165, 1.54) is 12.1 Å². The Labute approximate surface area is 329 Å². The van der Waals surface area contributed by atoms with Gasteiger partial charge < -0.3 is 19.7 Å². The highest BCUT2D eigenvalue weighted by Gasteiger charge is 2.46. The topological polar surface area (TPSA) is 93.1 Å². The Morgan fingerprint density at radius 3 is 1.16 bits per heavy atom. The minimum Gasteiger partial charge on any atom is -0.478 e. The van der Waals surface area contributed by atoms with Crippen LogP contribution in [-0.4, -0.2) is 22.2 Å². The molecule has 6 nitrogen and oxygen atoms in total. The molecule has 1 aliphatic rings. The number of rotatable bonds is 10. The molecule has 9 rings (SSSR count). The van der Waals surface area contributed by atoms with E-state index in [0.717, 1.165) is 55.6 Å². The average molecular weight is 743 g/mol. The Balaban J connectivity index is 1.31. The smallest absolute Gasteiger partial charge is 0.339 e. The van der Waals surface area contributed by atoms with Gasteiger partial charge in [-0.15, -0.1) is 0 Å². The van der Waals surface area contributed by atoms with Crippen LogP contribution < -0.4 is 9.47 Å². The van der Waals surface area contributed by atoms with Crippen molar-refractivity contribution >= 4 is 11.9 Å². The Kier molecular flexibility index (Phi) is 8.92. The fourth-order valence-corrected chi connectivity index (χ4v) is 8.12. The Hall–Kier alpha value is -7.70. The van der Waals surface area contributed by atoms with Crippen molar-refractivity contribution in [1.29, 1.82) is 0 Å². The van der Waals surface area contributed by atoms with Gasteiger partial charge in [-0.2, -0.15) is 0 Å². The average Bonchev–Trinajstić information content (AvgIpc) is 3.56. The van der Waals surface area contributed by atoms with Crippen LogP contribution in [0, 0.1) is 0 Å². The molecule has 0 saturated heterocycles. The van der Waals surface area contributed by atoms with E-state index in [-0.39, 0.29) is 22.6 Å². The lowest BCUT2D eigenvalue weighted by Crippen LogP contribution is -2.28. The third-order valence-electron chi connectivity index (χ3n) is 10.6. The van der Waals surface area contributed by atoms with E-state index < -0.39 is 17.4 Å². The summed E-state index contributed by atoms with van der Waals surface area (Å²) in [6.45, 7) is 0. The van der Waals surface area contributed by atoms with Crippen molar-refractivity contribution < 1.29 is 29.3 Å². The van der Waals surface area contributed by atoms with E-state index in [1.807, 2.05) is 72.8 Å². The summed E-state index contributed by atoms with van der Waals surface area (Å²) < 4.78 is 13.0. The fourth-order valence-electron chi connectivity index (χ4n) is 8.12. The van der Waals surface area contributed by atoms with E-state index >= 15 is 0 Å². The molecule has 0 spiro atoms. The lowest BCUT2D eigenvalue weighted by molar-refractivity contribution is 0.0683. The van der Waals surface area contributed by atoms with Gasteiger partial charge in [0.05, 0.1) is 5.41 Å². The monoisotopic (exact) mass is 742 g/mol. The van der Waals surface area contributed by atoms with Crippen LogP contribution in [0.2, 0.25) is 0 Å². The summed E-state index contributed by atoms with van der Waals surface area (Å²) in [5.74, 6) is -0.634. The van der Waals surface area contributed by atoms with E-state index in [2.05, 4.69) is 72.8 Å². The van der Waals surface area contributed by atoms with Crippen LogP contribution in [0.3, 0.4) is 0 Å². The zero-order valence-electron chi connectivity index (χ0n) is 30.5. The predicted octanol–water partition coefficient (Wildman–Crippen LogP) is 12.4. The third kappa shape index (κ3) is 6.10. The summed E-state index contributed by atoms with van der Waals surface area (Å²) in [7, 11) is 0. The lowest BCUT2D eigenvalue weighted by Gasteiger charge is -2.35. The molecule has 8 aromatic carbocycles. The highest BCUT2D eigenvalue weighted by molar-refractivity contribution is 5.92. The number of ether oxygens (including phenoxy) is 2. The van der Waals surface area contributed by atoms with Gasteiger partial charge in [0.25, 0.3) is 0 Å². The molecule has 0 radical (unpaired) electrons. The molecule has 274 valence electrons. The van der Waals surface area contributed by atoms with Gasteiger partial charge in [-0.1, -0.05) is 146 Å². The van der Waals surface area contributed by atoms with Crippen LogP contribution in [0.4, 0.5) is 0 Å². The van der Waals surface area contributed by atoms with Crippen LogP contribution in [0.1, 0.15) is 43.0 Å². The van der Waals surface area contributed by atoms with Crippen LogP contribution in [0.15, 0.2) is 194 Å². The summed E-state index contributed by atoms with van der Waals surface area (Å²) in [6.07, 6.45) is 0. The summed E-state index contributed by atoms with van der Waals surface area (Å²) in [5.41, 5.74) is 9.06. The van der Waals surface area contributed by atoms with Gasteiger partial charge in [-0.3, -0.25) is 0 Å². The lowest BCUT2D eigenvalue weighted by atomic mass is 9.67. The fraction of sp³-hybridized carbons (Fsp3) is 0.0196. The number of hydrogen-bond donors (Lipinski definition) is 2. The molecule has 57 heavy (non-hydrogen) atoms. The van der Waals surface area contributed by atoms with Crippen LogP contribution in [0.5, 0.6) is 23.0 Å². The first-order chi connectivity index (χ1) is 27.9. The van der Waals surface area contributed by atoms with Gasteiger partial charge in [0.1, 0.15) is 34.1 Å². The first kappa shape index (κ1) is 35.0. The number of carboxylic acids is 2. The van der Waals surface area contributed by atoms with Gasteiger partial charge in [0.15, 0.2) is 0 Å². The maximum Gasteiger partial charge on any atom is 0.339 e. The molecule has 1 aliphatic carbocycles. The molecule has 0 amide bonds. The number of carboxylic acid groups (broad SMARTS) is 2. The zero-order valence-corrected chi connectivity index (χ0v) is 30.5. The molecule has 2 N–H and O–H groups in total. The minimum atomic E-state index is -1.07. The molecule has 0 fully saturated rings. The normalized spacial score (nSPS) is 12.3. The second-order valence-electron chi connectivity index (χ2n) is 13.8.